The Morgan fingerprint density at radius 1 is 1.14 bits per heavy atom. The molecule has 1 unspecified atom stereocenters. The van der Waals surface area contributed by atoms with E-state index in [0.717, 1.165) is 11.1 Å². The standard InChI is InChI=1S/C23H21NO4/c1-2-11-23(21(25)26)12-13-24(15-23)22(27)28-14-20-18-9-5-3-7-16(18)17-8-4-6-10-19(17)20/h1,3-10,20H,11-15H2,(H,25,26). The van der Waals surface area contributed by atoms with E-state index in [9.17, 15) is 14.7 Å². The van der Waals surface area contributed by atoms with E-state index in [1.165, 1.54) is 16.0 Å². The van der Waals surface area contributed by atoms with Crippen LogP contribution in [0.1, 0.15) is 29.9 Å². The topological polar surface area (TPSA) is 66.8 Å². The Morgan fingerprint density at radius 2 is 1.75 bits per heavy atom. The molecule has 4 rings (SSSR count). The van der Waals surface area contributed by atoms with Crippen molar-refractivity contribution in [3.63, 3.8) is 0 Å². The molecule has 2 aromatic carbocycles. The van der Waals surface area contributed by atoms with Gasteiger partial charge in [0.1, 0.15) is 6.61 Å². The highest BCUT2D eigenvalue weighted by Gasteiger charge is 2.46. The number of fused-ring (bicyclic) bond motifs is 3. The molecule has 0 radical (unpaired) electrons. The monoisotopic (exact) mass is 375 g/mol. The third-order valence-corrected chi connectivity index (χ3v) is 5.84. The van der Waals surface area contributed by atoms with Crippen molar-refractivity contribution in [3.8, 4) is 23.5 Å². The maximum Gasteiger partial charge on any atom is 0.409 e. The largest absolute Gasteiger partial charge is 0.481 e. The summed E-state index contributed by atoms with van der Waals surface area (Å²) >= 11 is 0. The van der Waals surface area contributed by atoms with Crippen molar-refractivity contribution in [3.05, 3.63) is 59.7 Å². The van der Waals surface area contributed by atoms with E-state index in [1.54, 1.807) is 0 Å². The van der Waals surface area contributed by atoms with Crippen LogP contribution in [0.2, 0.25) is 0 Å². The maximum atomic E-state index is 12.6. The number of carbonyl (C=O) groups excluding carboxylic acids is 1. The number of aliphatic carboxylic acids is 1. The van der Waals surface area contributed by atoms with E-state index in [4.69, 9.17) is 11.2 Å². The number of amides is 1. The number of carbonyl (C=O) groups is 2. The Hall–Kier alpha value is -3.26. The van der Waals surface area contributed by atoms with Gasteiger partial charge in [0, 0.05) is 25.4 Å². The van der Waals surface area contributed by atoms with Crippen LogP contribution in [0.15, 0.2) is 48.5 Å². The normalized spacial score (nSPS) is 20.3. The zero-order valence-corrected chi connectivity index (χ0v) is 15.4. The number of rotatable bonds is 4. The van der Waals surface area contributed by atoms with Crippen molar-refractivity contribution in [2.75, 3.05) is 19.7 Å². The Bertz CT molecular complexity index is 931. The van der Waals surface area contributed by atoms with Gasteiger partial charge in [-0.05, 0) is 28.7 Å². The number of carboxylic acids is 1. The second-order valence-corrected chi connectivity index (χ2v) is 7.44. The summed E-state index contributed by atoms with van der Waals surface area (Å²) in [5, 5.41) is 9.54. The van der Waals surface area contributed by atoms with Crippen molar-refractivity contribution in [1.82, 2.24) is 4.90 Å². The number of ether oxygens (including phenoxy) is 1. The van der Waals surface area contributed by atoms with Crippen LogP contribution >= 0.6 is 0 Å². The first-order chi connectivity index (χ1) is 13.6. The number of carboxylic acid groups (broad SMARTS) is 1. The highest BCUT2D eigenvalue weighted by atomic mass is 16.6. The van der Waals surface area contributed by atoms with E-state index >= 15 is 0 Å². The highest BCUT2D eigenvalue weighted by molar-refractivity contribution is 5.80. The first kappa shape index (κ1) is 18.1. The van der Waals surface area contributed by atoms with Gasteiger partial charge in [-0.25, -0.2) is 4.79 Å². The Balaban J connectivity index is 1.48. The van der Waals surface area contributed by atoms with Gasteiger partial charge in [-0.1, -0.05) is 48.5 Å². The minimum atomic E-state index is -1.07. The van der Waals surface area contributed by atoms with Crippen LogP contribution in [0.25, 0.3) is 11.1 Å². The van der Waals surface area contributed by atoms with Crippen molar-refractivity contribution in [1.29, 1.82) is 0 Å². The van der Waals surface area contributed by atoms with Gasteiger partial charge in [-0.2, -0.15) is 0 Å². The SMILES string of the molecule is C#CCC1(C(=O)O)CCN(C(=O)OCC2c3ccccc3-c3ccccc32)C1. The van der Waals surface area contributed by atoms with Crippen LogP contribution in [-0.2, 0) is 9.53 Å². The summed E-state index contributed by atoms with van der Waals surface area (Å²) in [5.74, 6) is 1.45. The summed E-state index contributed by atoms with van der Waals surface area (Å²) in [6.45, 7) is 0.645. The van der Waals surface area contributed by atoms with E-state index in [0.29, 0.717) is 13.0 Å². The van der Waals surface area contributed by atoms with Crippen LogP contribution < -0.4 is 0 Å². The van der Waals surface area contributed by atoms with Gasteiger partial charge in [0.05, 0.1) is 5.41 Å². The molecule has 1 saturated heterocycles. The first-order valence-corrected chi connectivity index (χ1v) is 9.32. The first-order valence-electron chi connectivity index (χ1n) is 9.32. The summed E-state index contributed by atoms with van der Waals surface area (Å²) in [4.78, 5) is 25.7. The molecule has 0 aromatic heterocycles. The van der Waals surface area contributed by atoms with Gasteiger partial charge < -0.3 is 14.7 Å². The van der Waals surface area contributed by atoms with Gasteiger partial charge in [0.2, 0.25) is 0 Å². The fourth-order valence-corrected chi connectivity index (χ4v) is 4.30. The second-order valence-electron chi connectivity index (χ2n) is 7.44. The fourth-order valence-electron chi connectivity index (χ4n) is 4.30. The quantitative estimate of drug-likeness (QED) is 0.827. The van der Waals surface area contributed by atoms with E-state index in [1.807, 2.05) is 24.3 Å². The van der Waals surface area contributed by atoms with Gasteiger partial charge in [-0.3, -0.25) is 4.79 Å². The van der Waals surface area contributed by atoms with Gasteiger partial charge in [0.15, 0.2) is 0 Å². The highest BCUT2D eigenvalue weighted by Crippen LogP contribution is 2.44. The minimum Gasteiger partial charge on any atom is -0.481 e. The molecule has 1 atom stereocenters. The van der Waals surface area contributed by atoms with Crippen LogP contribution in [0, 0.1) is 17.8 Å². The smallest absolute Gasteiger partial charge is 0.409 e. The number of hydrogen-bond donors (Lipinski definition) is 1. The molecule has 1 amide bonds. The van der Waals surface area contributed by atoms with Gasteiger partial charge in [0.25, 0.3) is 0 Å². The van der Waals surface area contributed by atoms with Gasteiger partial charge in [-0.15, -0.1) is 12.3 Å². The van der Waals surface area contributed by atoms with E-state index in [2.05, 4.69) is 30.2 Å². The van der Waals surface area contributed by atoms with Crippen LogP contribution in [0.5, 0.6) is 0 Å². The number of hydrogen-bond acceptors (Lipinski definition) is 3. The molecule has 0 bridgehead atoms. The number of benzene rings is 2. The van der Waals surface area contributed by atoms with E-state index in [-0.39, 0.29) is 25.5 Å². The van der Waals surface area contributed by atoms with Crippen LogP contribution in [-0.4, -0.2) is 41.8 Å². The molecule has 2 aromatic rings. The molecule has 142 valence electrons. The molecule has 5 nitrogen and oxygen atoms in total. The average Bonchev–Trinajstić information content (AvgIpc) is 3.27. The lowest BCUT2D eigenvalue weighted by molar-refractivity contribution is -0.147. The molecule has 28 heavy (non-hydrogen) atoms. The minimum absolute atomic E-state index is 0.0195. The summed E-state index contributed by atoms with van der Waals surface area (Å²) < 4.78 is 5.62. The summed E-state index contributed by atoms with van der Waals surface area (Å²) in [6, 6.07) is 16.3. The predicted molar refractivity (Wildman–Crippen MR) is 105 cm³/mol. The molecule has 1 aliphatic heterocycles. The average molecular weight is 375 g/mol. The third kappa shape index (κ3) is 2.91. The maximum absolute atomic E-state index is 12.6. The second kappa shape index (κ2) is 7.05. The molecular formula is C23H21NO4. The molecule has 0 saturated carbocycles. The summed E-state index contributed by atoms with van der Waals surface area (Å²) in [5.41, 5.74) is 3.55. The number of likely N-dealkylation sites (tertiary alicyclic amines) is 1. The van der Waals surface area contributed by atoms with Crippen molar-refractivity contribution >= 4 is 12.1 Å². The lowest BCUT2D eigenvalue weighted by atomic mass is 9.84. The van der Waals surface area contributed by atoms with Crippen molar-refractivity contribution in [2.45, 2.75) is 18.8 Å². The lowest BCUT2D eigenvalue weighted by Gasteiger charge is -2.23. The molecule has 1 aliphatic carbocycles. The van der Waals surface area contributed by atoms with Crippen molar-refractivity contribution in [2.24, 2.45) is 5.41 Å². The molecule has 0 spiro atoms. The molecule has 1 heterocycles. The fraction of sp³-hybridized carbons (Fsp3) is 0.304. The molecular weight excluding hydrogens is 354 g/mol. The molecule has 2 aliphatic rings. The predicted octanol–water partition coefficient (Wildman–Crippen LogP) is 3.74. The Kier molecular flexibility index (Phi) is 4.56. The molecule has 1 N–H and O–H groups in total. The molecule has 1 fully saturated rings. The lowest BCUT2D eigenvalue weighted by Crippen LogP contribution is -2.37. The molecule has 5 heteroatoms. The van der Waals surface area contributed by atoms with Crippen LogP contribution in [0.4, 0.5) is 4.79 Å². The summed E-state index contributed by atoms with van der Waals surface area (Å²) in [6.07, 6.45) is 5.30. The number of terminal acetylenes is 1. The number of nitrogens with zero attached hydrogens (tertiary/aromatic N) is 1. The van der Waals surface area contributed by atoms with Crippen LogP contribution in [0.3, 0.4) is 0 Å². The third-order valence-electron chi connectivity index (χ3n) is 5.84. The van der Waals surface area contributed by atoms with Crippen molar-refractivity contribution < 1.29 is 19.4 Å². The Morgan fingerprint density at radius 3 is 2.32 bits per heavy atom. The zero-order chi connectivity index (χ0) is 19.7. The summed E-state index contributed by atoms with van der Waals surface area (Å²) in [7, 11) is 0. The van der Waals surface area contributed by atoms with E-state index < -0.39 is 17.5 Å². The Labute approximate surface area is 163 Å². The van der Waals surface area contributed by atoms with Gasteiger partial charge >= 0.3 is 12.1 Å². The zero-order valence-electron chi connectivity index (χ0n) is 15.4.